The molecule has 0 saturated carbocycles. The van der Waals surface area contributed by atoms with Gasteiger partial charge in [-0.2, -0.15) is 0 Å². The van der Waals surface area contributed by atoms with E-state index < -0.39 is 14.2 Å². The number of fused-ring (bicyclic) bond motifs is 1. The highest BCUT2D eigenvalue weighted by Gasteiger charge is 2.32. The van der Waals surface area contributed by atoms with Crippen LogP contribution in [0.4, 0.5) is 10.5 Å². The number of hydrogen-bond donors (Lipinski definition) is 2. The lowest BCUT2D eigenvalue weighted by atomic mass is 9.93. The van der Waals surface area contributed by atoms with E-state index in [1.54, 1.807) is 23.6 Å². The Morgan fingerprint density at radius 1 is 1.18 bits per heavy atom. The number of piperidine rings is 1. The van der Waals surface area contributed by atoms with Crippen molar-refractivity contribution in [3.63, 3.8) is 0 Å². The molecule has 4 heterocycles. The normalized spacial score (nSPS) is 17.8. The van der Waals surface area contributed by atoms with Crippen molar-refractivity contribution >= 4 is 30.9 Å². The standard InChI is InChI=1S/C30H39N5O4Si/c1-40(2,3)18-17-38-21-34-15-13-25-27(26(19-32-28(25)34)29-31-14-16-39-29)33-23-10-12-24(35(20-23)30(36)37)11-9-22-7-5-4-6-8-22/h4-8,13-16,19,23-24H,9-12,17-18,20-21H2,1-3H3,(H,32,33)(H,36,37)/t23-,24+/m1/s1. The summed E-state index contributed by atoms with van der Waals surface area (Å²) in [7, 11) is -1.17. The van der Waals surface area contributed by atoms with Gasteiger partial charge in [0.2, 0.25) is 5.89 Å². The highest BCUT2D eigenvalue weighted by atomic mass is 28.3. The van der Waals surface area contributed by atoms with Crippen LogP contribution in [0.15, 0.2) is 65.7 Å². The van der Waals surface area contributed by atoms with E-state index in [9.17, 15) is 9.90 Å². The summed E-state index contributed by atoms with van der Waals surface area (Å²) in [6.07, 6.45) is 9.37. The Labute approximate surface area is 236 Å². The Morgan fingerprint density at radius 3 is 2.73 bits per heavy atom. The van der Waals surface area contributed by atoms with Crippen LogP contribution in [0.1, 0.15) is 24.8 Å². The Bertz CT molecular complexity index is 1400. The fraction of sp³-hybridized carbons (Fsp3) is 0.433. The molecule has 1 aromatic carbocycles. The largest absolute Gasteiger partial charge is 0.465 e. The number of aromatic nitrogens is 3. The molecule has 40 heavy (non-hydrogen) atoms. The van der Waals surface area contributed by atoms with Crippen molar-refractivity contribution in [2.75, 3.05) is 18.5 Å². The molecule has 0 bridgehead atoms. The van der Waals surface area contributed by atoms with Crippen LogP contribution < -0.4 is 5.32 Å². The Balaban J connectivity index is 1.34. The molecule has 10 heteroatoms. The number of benzene rings is 1. The topological polar surface area (TPSA) is 106 Å². The van der Waals surface area contributed by atoms with Crippen molar-refractivity contribution in [2.24, 2.45) is 0 Å². The lowest BCUT2D eigenvalue weighted by molar-refractivity contribution is 0.0899. The van der Waals surface area contributed by atoms with E-state index >= 15 is 0 Å². The zero-order chi connectivity index (χ0) is 28.1. The predicted octanol–water partition coefficient (Wildman–Crippen LogP) is 6.56. The number of amides is 1. The smallest absolute Gasteiger partial charge is 0.407 e. The van der Waals surface area contributed by atoms with Crippen LogP contribution in [0, 0.1) is 0 Å². The van der Waals surface area contributed by atoms with Gasteiger partial charge in [0.15, 0.2) is 0 Å². The number of hydrogen-bond acceptors (Lipinski definition) is 6. The Morgan fingerprint density at radius 2 is 2.00 bits per heavy atom. The molecule has 0 radical (unpaired) electrons. The molecule has 1 saturated heterocycles. The Kier molecular flexibility index (Phi) is 8.56. The second-order valence-electron chi connectivity index (χ2n) is 11.8. The van der Waals surface area contributed by atoms with Gasteiger partial charge in [0.1, 0.15) is 18.6 Å². The first-order chi connectivity index (χ1) is 19.3. The summed E-state index contributed by atoms with van der Waals surface area (Å²) in [6.45, 7) is 8.59. The predicted molar refractivity (Wildman–Crippen MR) is 159 cm³/mol. The van der Waals surface area contributed by atoms with E-state index in [-0.39, 0.29) is 12.1 Å². The molecule has 4 aromatic rings. The number of ether oxygens (including phenoxy) is 1. The van der Waals surface area contributed by atoms with E-state index in [0.29, 0.717) is 19.2 Å². The molecule has 1 amide bonds. The maximum Gasteiger partial charge on any atom is 0.407 e. The zero-order valence-corrected chi connectivity index (χ0v) is 24.5. The second kappa shape index (κ2) is 12.3. The molecule has 0 spiro atoms. The number of nitrogens with one attached hydrogen (secondary N) is 1. The van der Waals surface area contributed by atoms with Crippen LogP contribution in [-0.4, -0.2) is 63.9 Å². The second-order valence-corrected chi connectivity index (χ2v) is 17.4. The van der Waals surface area contributed by atoms with Crippen LogP contribution in [-0.2, 0) is 17.9 Å². The molecule has 9 nitrogen and oxygen atoms in total. The molecule has 1 aliphatic rings. The molecule has 3 aromatic heterocycles. The van der Waals surface area contributed by atoms with E-state index in [2.05, 4.69) is 42.1 Å². The number of pyridine rings is 1. The minimum absolute atomic E-state index is 0.00572. The first-order valence-corrected chi connectivity index (χ1v) is 17.7. The van der Waals surface area contributed by atoms with Crippen molar-refractivity contribution in [1.29, 1.82) is 0 Å². The zero-order valence-electron chi connectivity index (χ0n) is 23.5. The number of carboxylic acid groups (broad SMARTS) is 1. The van der Waals surface area contributed by atoms with Crippen molar-refractivity contribution in [3.05, 3.63) is 66.8 Å². The summed E-state index contributed by atoms with van der Waals surface area (Å²) in [5.74, 6) is 0.475. The van der Waals surface area contributed by atoms with Gasteiger partial charge in [-0.05, 0) is 43.4 Å². The minimum atomic E-state index is -1.17. The number of oxazole rings is 1. The van der Waals surface area contributed by atoms with Gasteiger partial charge in [-0.15, -0.1) is 0 Å². The van der Waals surface area contributed by atoms with Crippen LogP contribution in [0.2, 0.25) is 25.7 Å². The average Bonchev–Trinajstić information content (AvgIpc) is 3.61. The molecule has 0 unspecified atom stereocenters. The van der Waals surface area contributed by atoms with Gasteiger partial charge < -0.3 is 29.0 Å². The summed E-state index contributed by atoms with van der Waals surface area (Å²) in [5.41, 5.74) is 3.64. The maximum absolute atomic E-state index is 12.3. The van der Waals surface area contributed by atoms with E-state index in [1.165, 1.54) is 5.56 Å². The van der Waals surface area contributed by atoms with Crippen molar-refractivity contribution in [2.45, 2.75) is 70.2 Å². The fourth-order valence-electron chi connectivity index (χ4n) is 5.32. The van der Waals surface area contributed by atoms with Crippen molar-refractivity contribution in [1.82, 2.24) is 19.4 Å². The Hall–Kier alpha value is -3.63. The fourth-order valence-corrected chi connectivity index (χ4v) is 6.08. The third-order valence-corrected chi connectivity index (χ3v) is 9.29. The van der Waals surface area contributed by atoms with Crippen molar-refractivity contribution < 1.29 is 19.1 Å². The lowest BCUT2D eigenvalue weighted by Gasteiger charge is -2.39. The van der Waals surface area contributed by atoms with Gasteiger partial charge in [0.05, 0.1) is 17.4 Å². The van der Waals surface area contributed by atoms with Gasteiger partial charge >= 0.3 is 6.09 Å². The number of nitrogens with zero attached hydrogens (tertiary/aromatic N) is 4. The van der Waals surface area contributed by atoms with E-state index in [0.717, 1.165) is 60.6 Å². The maximum atomic E-state index is 12.3. The van der Waals surface area contributed by atoms with E-state index in [4.69, 9.17) is 14.1 Å². The number of anilines is 1. The summed E-state index contributed by atoms with van der Waals surface area (Å²) >= 11 is 0. The summed E-state index contributed by atoms with van der Waals surface area (Å²) < 4.78 is 13.6. The average molecular weight is 562 g/mol. The van der Waals surface area contributed by atoms with Crippen LogP contribution in [0.5, 0.6) is 0 Å². The molecule has 1 aliphatic heterocycles. The van der Waals surface area contributed by atoms with Gasteiger partial charge in [-0.3, -0.25) is 0 Å². The van der Waals surface area contributed by atoms with Gasteiger partial charge in [0, 0.05) is 51.1 Å². The lowest BCUT2D eigenvalue weighted by Crippen LogP contribution is -2.50. The van der Waals surface area contributed by atoms with Crippen LogP contribution in [0.3, 0.4) is 0 Å². The van der Waals surface area contributed by atoms with Gasteiger partial charge in [-0.1, -0.05) is 50.0 Å². The molecule has 2 atom stereocenters. The third kappa shape index (κ3) is 6.74. The summed E-state index contributed by atoms with van der Waals surface area (Å²) in [5, 5.41) is 14.7. The molecule has 1 fully saturated rings. The van der Waals surface area contributed by atoms with Gasteiger partial charge in [0.25, 0.3) is 0 Å². The van der Waals surface area contributed by atoms with Crippen LogP contribution in [0.25, 0.3) is 22.5 Å². The summed E-state index contributed by atoms with van der Waals surface area (Å²) in [4.78, 5) is 23.0. The molecular formula is C30H39N5O4Si. The number of rotatable bonds is 11. The molecule has 5 rings (SSSR count). The van der Waals surface area contributed by atoms with E-state index in [1.807, 2.05) is 35.0 Å². The van der Waals surface area contributed by atoms with Gasteiger partial charge in [-0.25, -0.2) is 14.8 Å². The summed E-state index contributed by atoms with van der Waals surface area (Å²) in [6, 6.07) is 13.3. The molecule has 2 N–H and O–H groups in total. The number of aryl methyl sites for hydroxylation is 1. The molecular weight excluding hydrogens is 522 g/mol. The van der Waals surface area contributed by atoms with Crippen molar-refractivity contribution in [3.8, 4) is 11.5 Å². The molecule has 212 valence electrons. The number of carbonyl (C=O) groups is 1. The monoisotopic (exact) mass is 561 g/mol. The third-order valence-electron chi connectivity index (χ3n) is 7.59. The van der Waals surface area contributed by atoms with Crippen LogP contribution >= 0.6 is 0 Å². The minimum Gasteiger partial charge on any atom is -0.465 e. The molecule has 0 aliphatic carbocycles. The first-order valence-electron chi connectivity index (χ1n) is 14.0. The quantitative estimate of drug-likeness (QED) is 0.158. The highest BCUT2D eigenvalue weighted by Crippen LogP contribution is 2.35. The SMILES string of the molecule is C[Si](C)(C)CCOCn1ccc2c(N[C@@H]3CC[C@H](CCc4ccccc4)N(C(=O)O)C3)c(-c3ncco3)cnc21. The first kappa shape index (κ1) is 27.9. The number of likely N-dealkylation sites (tertiary alicyclic amines) is 1. The highest BCUT2D eigenvalue weighted by molar-refractivity contribution is 6.76.